The third kappa shape index (κ3) is 6.83. The van der Waals surface area contributed by atoms with Crippen LogP contribution in [0, 0.1) is 34.2 Å². The van der Waals surface area contributed by atoms with Crippen molar-refractivity contribution < 1.29 is 22.7 Å². The number of hydrogen-bond acceptors (Lipinski definition) is 8. The summed E-state index contributed by atoms with van der Waals surface area (Å²) in [7, 11) is 0. The van der Waals surface area contributed by atoms with Gasteiger partial charge >= 0.3 is 0 Å². The molecule has 6 rings (SSSR count). The number of likely N-dealkylation sites (tertiary alicyclic amines) is 1. The molecule has 0 bridgehead atoms. The van der Waals surface area contributed by atoms with E-state index in [2.05, 4.69) is 34.8 Å². The number of nitrogens with two attached hydrogens (primary N) is 1. The number of carbonyl (C=O) groups excluding carboxylic acids is 1. The molecule has 1 aliphatic heterocycles. The molecular weight excluding hydrogens is 633 g/mol. The van der Waals surface area contributed by atoms with Crippen LogP contribution in [-0.2, 0) is 4.79 Å². The van der Waals surface area contributed by atoms with Crippen molar-refractivity contribution in [2.75, 3.05) is 38.5 Å². The largest absolute Gasteiger partial charge is 0.454 e. The fourth-order valence-corrected chi connectivity index (χ4v) is 7.16. The van der Waals surface area contributed by atoms with E-state index in [4.69, 9.17) is 15.6 Å². The first-order valence-electron chi connectivity index (χ1n) is 16.7. The highest BCUT2D eigenvalue weighted by Crippen LogP contribution is 2.42. The van der Waals surface area contributed by atoms with Crippen LogP contribution in [0.2, 0.25) is 0 Å². The van der Waals surface area contributed by atoms with E-state index in [-0.39, 0.29) is 58.1 Å². The average molecular weight is 673 g/mol. The molecule has 2 aromatic carbocycles. The normalized spacial score (nSPS) is 17.9. The number of ether oxygens (including phenoxy) is 1. The van der Waals surface area contributed by atoms with Gasteiger partial charge in [-0.2, -0.15) is 14.8 Å². The Bertz CT molecular complexity index is 1930. The van der Waals surface area contributed by atoms with Gasteiger partial charge in [0.05, 0.1) is 11.4 Å². The minimum atomic E-state index is -1.18. The topological polar surface area (TPSA) is 126 Å². The van der Waals surface area contributed by atoms with Crippen molar-refractivity contribution in [3.05, 3.63) is 71.8 Å². The van der Waals surface area contributed by atoms with Crippen LogP contribution in [0.4, 0.5) is 19.0 Å². The van der Waals surface area contributed by atoms with Gasteiger partial charge in [-0.1, -0.05) is 38.8 Å². The first-order valence-corrected chi connectivity index (χ1v) is 16.7. The van der Waals surface area contributed by atoms with E-state index in [0.717, 1.165) is 57.5 Å². The molecule has 2 N–H and O–H groups in total. The Morgan fingerprint density at radius 3 is 2.61 bits per heavy atom. The van der Waals surface area contributed by atoms with Gasteiger partial charge in [0.2, 0.25) is 5.82 Å². The fraction of sp³-hybridized carbons (Fsp3) is 0.417. The summed E-state index contributed by atoms with van der Waals surface area (Å²) in [6, 6.07) is 9.25. The third-order valence-electron chi connectivity index (χ3n) is 9.72. The van der Waals surface area contributed by atoms with Crippen molar-refractivity contribution in [2.24, 2.45) is 5.41 Å². The lowest BCUT2D eigenvalue weighted by molar-refractivity contribution is -0.128. The van der Waals surface area contributed by atoms with E-state index >= 15 is 4.39 Å². The van der Waals surface area contributed by atoms with Crippen LogP contribution in [0.5, 0.6) is 11.5 Å². The summed E-state index contributed by atoms with van der Waals surface area (Å²) in [5, 5.41) is 15.3. The van der Waals surface area contributed by atoms with Gasteiger partial charge < -0.3 is 20.3 Å². The van der Waals surface area contributed by atoms with Crippen LogP contribution in [0.3, 0.4) is 0 Å². The Hall–Kier alpha value is -4.96. The zero-order valence-electron chi connectivity index (χ0n) is 27.6. The number of halogens is 3. The Morgan fingerprint density at radius 2 is 1.90 bits per heavy atom. The van der Waals surface area contributed by atoms with Gasteiger partial charge in [0.25, 0.3) is 5.91 Å². The number of aromatic nitrogens is 4. The summed E-state index contributed by atoms with van der Waals surface area (Å²) in [6.07, 6.45) is 8.58. The van der Waals surface area contributed by atoms with E-state index in [1.807, 2.05) is 6.08 Å². The second kappa shape index (κ2) is 14.3. The SMILES string of the molecule is CCN(CC)CC1(/C=C(/C#N)C(=O)N2CCC[C@@H](n3nc(-c4ccc(Oc5cccc(F)c5F)cc4F)c4c(N)ncnc43)C2)CCCC1. The summed E-state index contributed by atoms with van der Waals surface area (Å²) >= 11 is 0. The Morgan fingerprint density at radius 1 is 1.12 bits per heavy atom. The molecular formula is C36H39F3N8O2. The van der Waals surface area contributed by atoms with Crippen LogP contribution in [0.25, 0.3) is 22.3 Å². The summed E-state index contributed by atoms with van der Waals surface area (Å²) in [4.78, 5) is 26.5. The monoisotopic (exact) mass is 672 g/mol. The average Bonchev–Trinajstić information content (AvgIpc) is 3.74. The van der Waals surface area contributed by atoms with Crippen molar-refractivity contribution in [1.29, 1.82) is 5.26 Å². The van der Waals surface area contributed by atoms with Crippen molar-refractivity contribution in [3.63, 3.8) is 0 Å². The van der Waals surface area contributed by atoms with E-state index in [1.54, 1.807) is 9.58 Å². The zero-order chi connectivity index (χ0) is 34.7. The zero-order valence-corrected chi connectivity index (χ0v) is 27.6. The summed E-state index contributed by atoms with van der Waals surface area (Å²) in [6.45, 7) is 7.63. The van der Waals surface area contributed by atoms with Crippen molar-refractivity contribution in [3.8, 4) is 28.8 Å². The van der Waals surface area contributed by atoms with E-state index in [1.165, 1.54) is 30.6 Å². The second-order valence-electron chi connectivity index (χ2n) is 12.8. The quantitative estimate of drug-likeness (QED) is 0.144. The molecule has 4 aromatic rings. The van der Waals surface area contributed by atoms with Gasteiger partial charge in [0.15, 0.2) is 17.2 Å². The number of nitriles is 1. The van der Waals surface area contributed by atoms with E-state index in [9.17, 15) is 18.8 Å². The number of nitrogen functional groups attached to an aromatic ring is 1. The highest BCUT2D eigenvalue weighted by atomic mass is 19.2. The Balaban J connectivity index is 1.29. The molecule has 3 heterocycles. The van der Waals surface area contributed by atoms with Crippen molar-refractivity contribution >= 4 is 22.8 Å². The molecule has 2 aliphatic rings. The number of nitrogens with zero attached hydrogens (tertiary/aromatic N) is 7. The number of fused-ring (bicyclic) bond motifs is 1. The highest BCUT2D eigenvalue weighted by molar-refractivity contribution is 5.99. The molecule has 10 nitrogen and oxygen atoms in total. The number of hydrogen-bond donors (Lipinski definition) is 1. The van der Waals surface area contributed by atoms with Gasteiger partial charge in [0.1, 0.15) is 41.0 Å². The maximum atomic E-state index is 15.7. The molecule has 1 amide bonds. The van der Waals surface area contributed by atoms with Crippen LogP contribution >= 0.6 is 0 Å². The number of carbonyl (C=O) groups is 1. The summed E-state index contributed by atoms with van der Waals surface area (Å²) < 4.78 is 50.6. The fourth-order valence-electron chi connectivity index (χ4n) is 7.16. The molecule has 0 unspecified atom stereocenters. The molecule has 1 aliphatic carbocycles. The molecule has 0 radical (unpaired) electrons. The molecule has 0 spiro atoms. The number of piperidine rings is 1. The standard InChI is InChI=1S/C36H39F3N8O2/c1-3-45(4-2)21-36(14-5-6-15-36)18-23(19-40)35(48)46-16-8-9-24(20-46)47-34-30(33(41)42-22-43-34)32(44-47)26-13-12-25(17-28(26)38)49-29-11-7-10-27(37)31(29)39/h7,10-13,17-18,22,24H,3-6,8-9,14-16,20-21H2,1-2H3,(H2,41,42,43)/b23-18-/t24-/m1/s1. The number of amides is 1. The molecule has 1 saturated carbocycles. The van der Waals surface area contributed by atoms with Crippen LogP contribution in [0.15, 0.2) is 54.4 Å². The van der Waals surface area contributed by atoms with Gasteiger partial charge in [0, 0.05) is 36.7 Å². The number of rotatable bonds is 10. The van der Waals surface area contributed by atoms with Gasteiger partial charge in [-0.05, 0) is 63.0 Å². The predicted molar refractivity (Wildman–Crippen MR) is 179 cm³/mol. The minimum Gasteiger partial charge on any atom is -0.454 e. The van der Waals surface area contributed by atoms with E-state index in [0.29, 0.717) is 30.4 Å². The molecule has 1 atom stereocenters. The third-order valence-corrected chi connectivity index (χ3v) is 9.72. The minimum absolute atomic E-state index is 0.0435. The lowest BCUT2D eigenvalue weighted by Gasteiger charge is -2.34. The summed E-state index contributed by atoms with van der Waals surface area (Å²) in [5.41, 5.74) is 6.88. The van der Waals surface area contributed by atoms with Gasteiger partial charge in [-0.25, -0.2) is 23.4 Å². The lowest BCUT2D eigenvalue weighted by Crippen LogP contribution is -2.42. The molecule has 1 saturated heterocycles. The molecule has 256 valence electrons. The smallest absolute Gasteiger partial charge is 0.264 e. The number of anilines is 1. The predicted octanol–water partition coefficient (Wildman–Crippen LogP) is 6.80. The summed E-state index contributed by atoms with van der Waals surface area (Å²) in [5.74, 6) is -3.64. The molecule has 49 heavy (non-hydrogen) atoms. The van der Waals surface area contributed by atoms with Crippen molar-refractivity contribution in [1.82, 2.24) is 29.5 Å². The van der Waals surface area contributed by atoms with Gasteiger partial charge in [-0.15, -0.1) is 0 Å². The van der Waals surface area contributed by atoms with E-state index < -0.39 is 17.5 Å². The Kier molecular flexibility index (Phi) is 9.87. The first kappa shape index (κ1) is 33.9. The van der Waals surface area contributed by atoms with Gasteiger partial charge in [-0.3, -0.25) is 4.79 Å². The van der Waals surface area contributed by atoms with Crippen molar-refractivity contribution in [2.45, 2.75) is 58.4 Å². The first-order chi connectivity index (χ1) is 23.7. The maximum Gasteiger partial charge on any atom is 0.264 e. The molecule has 2 fully saturated rings. The van der Waals surface area contributed by atoms with Crippen LogP contribution < -0.4 is 10.5 Å². The molecule has 2 aromatic heterocycles. The Labute approximate surface area is 283 Å². The maximum absolute atomic E-state index is 15.7. The number of benzene rings is 2. The van der Waals surface area contributed by atoms with Crippen LogP contribution in [0.1, 0.15) is 58.4 Å². The highest BCUT2D eigenvalue weighted by Gasteiger charge is 2.36. The van der Waals surface area contributed by atoms with Crippen LogP contribution in [-0.4, -0.2) is 68.2 Å². The molecule has 13 heteroatoms. The second-order valence-corrected chi connectivity index (χ2v) is 12.8. The lowest BCUT2D eigenvalue weighted by atomic mass is 9.83.